The van der Waals surface area contributed by atoms with E-state index in [1.54, 1.807) is 7.05 Å². The van der Waals surface area contributed by atoms with Crippen molar-refractivity contribution in [2.75, 3.05) is 11.9 Å². The summed E-state index contributed by atoms with van der Waals surface area (Å²) in [5.41, 5.74) is 0.674. The molecule has 0 aliphatic heterocycles. The first-order valence-corrected chi connectivity index (χ1v) is 6.77. The first kappa shape index (κ1) is 12.1. The average molecular weight is 272 g/mol. The van der Waals surface area contributed by atoms with Gasteiger partial charge in [-0.25, -0.2) is 9.89 Å². The van der Waals surface area contributed by atoms with Crippen molar-refractivity contribution in [3.8, 4) is 0 Å². The monoisotopic (exact) mass is 272 g/mol. The van der Waals surface area contributed by atoms with Gasteiger partial charge in [-0.2, -0.15) is 0 Å². The average Bonchev–Trinajstić information content (AvgIpc) is 2.87. The fourth-order valence-corrected chi connectivity index (χ4v) is 2.79. The van der Waals surface area contributed by atoms with Gasteiger partial charge in [-0.05, 0) is 6.92 Å². The highest BCUT2D eigenvalue weighted by molar-refractivity contribution is 7.98. The standard InChI is InChI=1S/C8H12N6OS2/c1-3-9-6-5(10-13-17-6)4-16-8-12-11-7(15)14(8)2/h9H,3-4H2,1-2H3,(H,11,15). The fourth-order valence-electron chi connectivity index (χ4n) is 1.19. The third-order valence-electron chi connectivity index (χ3n) is 2.07. The van der Waals surface area contributed by atoms with E-state index in [0.717, 1.165) is 17.2 Å². The molecule has 0 aromatic carbocycles. The highest BCUT2D eigenvalue weighted by atomic mass is 32.2. The van der Waals surface area contributed by atoms with Crippen molar-refractivity contribution in [2.24, 2.45) is 7.05 Å². The number of hydrogen-bond acceptors (Lipinski definition) is 7. The van der Waals surface area contributed by atoms with Gasteiger partial charge in [0.1, 0.15) is 10.7 Å². The highest BCUT2D eigenvalue weighted by Gasteiger charge is 2.10. The Hall–Kier alpha value is -1.35. The summed E-state index contributed by atoms with van der Waals surface area (Å²) in [4.78, 5) is 11.2. The molecule has 2 rings (SSSR count). The number of aromatic amines is 1. The summed E-state index contributed by atoms with van der Waals surface area (Å²) in [5, 5.41) is 15.2. The molecule has 0 aliphatic carbocycles. The molecule has 2 heterocycles. The molecule has 0 spiro atoms. The fraction of sp³-hybridized carbons (Fsp3) is 0.500. The summed E-state index contributed by atoms with van der Waals surface area (Å²) < 4.78 is 5.37. The van der Waals surface area contributed by atoms with Gasteiger partial charge in [0.05, 0.1) is 0 Å². The van der Waals surface area contributed by atoms with Crippen molar-refractivity contribution in [3.63, 3.8) is 0 Å². The third-order valence-corrected chi connectivity index (χ3v) is 3.84. The predicted molar refractivity (Wildman–Crippen MR) is 67.5 cm³/mol. The minimum Gasteiger partial charge on any atom is -0.374 e. The number of nitrogens with zero attached hydrogens (tertiary/aromatic N) is 4. The Labute approximate surface area is 106 Å². The molecule has 7 nitrogen and oxygen atoms in total. The molecule has 0 bridgehead atoms. The second kappa shape index (κ2) is 5.32. The molecule has 0 saturated carbocycles. The molecule has 0 aliphatic rings. The van der Waals surface area contributed by atoms with Crippen LogP contribution in [0.2, 0.25) is 0 Å². The van der Waals surface area contributed by atoms with Crippen LogP contribution in [0.1, 0.15) is 12.6 Å². The van der Waals surface area contributed by atoms with E-state index in [9.17, 15) is 4.79 Å². The molecule has 17 heavy (non-hydrogen) atoms. The van der Waals surface area contributed by atoms with Crippen LogP contribution in [0.5, 0.6) is 0 Å². The summed E-state index contributed by atoms with van der Waals surface area (Å²) in [7, 11) is 1.68. The zero-order valence-electron chi connectivity index (χ0n) is 9.43. The van der Waals surface area contributed by atoms with E-state index < -0.39 is 0 Å². The van der Waals surface area contributed by atoms with Crippen LogP contribution < -0.4 is 11.0 Å². The van der Waals surface area contributed by atoms with Gasteiger partial charge in [0.25, 0.3) is 0 Å². The minimum absolute atomic E-state index is 0.212. The van der Waals surface area contributed by atoms with Crippen molar-refractivity contribution in [1.82, 2.24) is 24.4 Å². The lowest BCUT2D eigenvalue weighted by Gasteiger charge is -2.01. The topological polar surface area (TPSA) is 88.5 Å². The SMILES string of the molecule is CCNc1snnc1CSc1n[nH]c(=O)n1C. The molecular weight excluding hydrogens is 260 g/mol. The van der Waals surface area contributed by atoms with Crippen LogP contribution in [0.4, 0.5) is 5.00 Å². The number of thioether (sulfide) groups is 1. The van der Waals surface area contributed by atoms with E-state index in [2.05, 4.69) is 25.1 Å². The van der Waals surface area contributed by atoms with Crippen LogP contribution in [-0.2, 0) is 12.8 Å². The lowest BCUT2D eigenvalue weighted by molar-refractivity contribution is 0.765. The smallest absolute Gasteiger partial charge is 0.343 e. The van der Waals surface area contributed by atoms with Crippen LogP contribution in [0.15, 0.2) is 9.95 Å². The Morgan fingerprint density at radius 2 is 2.41 bits per heavy atom. The van der Waals surface area contributed by atoms with E-state index in [-0.39, 0.29) is 5.69 Å². The number of anilines is 1. The zero-order chi connectivity index (χ0) is 12.3. The Balaban J connectivity index is 2.04. The summed E-state index contributed by atoms with van der Waals surface area (Å²) >= 11 is 2.79. The highest BCUT2D eigenvalue weighted by Crippen LogP contribution is 2.25. The molecule has 0 amide bonds. The van der Waals surface area contributed by atoms with Crippen LogP contribution in [-0.4, -0.2) is 30.9 Å². The van der Waals surface area contributed by atoms with Crippen LogP contribution in [0.25, 0.3) is 0 Å². The predicted octanol–water partition coefficient (Wildman–Crippen LogP) is 0.684. The van der Waals surface area contributed by atoms with E-state index in [4.69, 9.17) is 0 Å². The molecule has 2 N–H and O–H groups in total. The summed E-state index contributed by atoms with van der Waals surface area (Å²) in [5.74, 6) is 0.636. The maximum absolute atomic E-state index is 11.2. The molecule has 0 saturated heterocycles. The lowest BCUT2D eigenvalue weighted by atomic mass is 10.5. The second-order valence-corrected chi connectivity index (χ2v) is 4.93. The summed E-state index contributed by atoms with van der Waals surface area (Å²) in [6.07, 6.45) is 0. The Morgan fingerprint density at radius 3 is 3.06 bits per heavy atom. The van der Waals surface area contributed by atoms with Crippen molar-refractivity contribution in [1.29, 1.82) is 0 Å². The molecule has 0 radical (unpaired) electrons. The normalized spacial score (nSPS) is 10.7. The molecule has 0 atom stereocenters. The van der Waals surface area contributed by atoms with E-state index in [1.807, 2.05) is 6.92 Å². The van der Waals surface area contributed by atoms with Crippen molar-refractivity contribution in [2.45, 2.75) is 17.8 Å². The first-order valence-electron chi connectivity index (χ1n) is 5.01. The first-order chi connectivity index (χ1) is 8.22. The molecule has 9 heteroatoms. The molecular formula is C8H12N6OS2. The third kappa shape index (κ3) is 2.67. The van der Waals surface area contributed by atoms with Crippen LogP contribution in [0, 0.1) is 0 Å². The number of hydrogen-bond donors (Lipinski definition) is 2. The number of H-pyrrole nitrogens is 1. The van der Waals surface area contributed by atoms with Gasteiger partial charge < -0.3 is 5.32 Å². The van der Waals surface area contributed by atoms with Crippen molar-refractivity contribution in [3.05, 3.63) is 16.2 Å². The van der Waals surface area contributed by atoms with Gasteiger partial charge in [0.15, 0.2) is 5.16 Å². The van der Waals surface area contributed by atoms with Gasteiger partial charge in [0, 0.05) is 30.9 Å². The number of rotatable bonds is 5. The maximum Gasteiger partial charge on any atom is 0.343 e. The number of nitrogens with one attached hydrogen (secondary N) is 2. The maximum atomic E-state index is 11.2. The lowest BCUT2D eigenvalue weighted by Crippen LogP contribution is -2.12. The number of aromatic nitrogens is 5. The molecule has 0 fully saturated rings. The molecule has 2 aromatic rings. The van der Waals surface area contributed by atoms with E-state index in [0.29, 0.717) is 10.9 Å². The molecule has 92 valence electrons. The molecule has 0 unspecified atom stereocenters. The van der Waals surface area contributed by atoms with E-state index >= 15 is 0 Å². The van der Waals surface area contributed by atoms with Crippen molar-refractivity contribution >= 4 is 28.3 Å². The Bertz CT molecular complexity index is 544. The van der Waals surface area contributed by atoms with Crippen LogP contribution >= 0.6 is 23.3 Å². The van der Waals surface area contributed by atoms with Crippen molar-refractivity contribution < 1.29 is 0 Å². The zero-order valence-corrected chi connectivity index (χ0v) is 11.1. The van der Waals surface area contributed by atoms with Gasteiger partial charge >= 0.3 is 5.69 Å². The summed E-state index contributed by atoms with van der Waals surface area (Å²) in [6, 6.07) is 0. The minimum atomic E-state index is -0.212. The van der Waals surface area contributed by atoms with Gasteiger partial charge in [-0.3, -0.25) is 4.57 Å². The summed E-state index contributed by atoms with van der Waals surface area (Å²) in [6.45, 7) is 2.86. The van der Waals surface area contributed by atoms with Gasteiger partial charge in [0.2, 0.25) is 0 Å². The van der Waals surface area contributed by atoms with Gasteiger partial charge in [-0.15, -0.1) is 10.2 Å². The van der Waals surface area contributed by atoms with Gasteiger partial charge in [-0.1, -0.05) is 16.3 Å². The quantitative estimate of drug-likeness (QED) is 0.778. The second-order valence-electron chi connectivity index (χ2n) is 3.24. The molecule has 2 aromatic heterocycles. The van der Waals surface area contributed by atoms with Crippen LogP contribution in [0.3, 0.4) is 0 Å². The van der Waals surface area contributed by atoms with E-state index in [1.165, 1.54) is 27.9 Å². The Kier molecular flexibility index (Phi) is 3.79. The largest absolute Gasteiger partial charge is 0.374 e. The Morgan fingerprint density at radius 1 is 1.59 bits per heavy atom.